The highest BCUT2D eigenvalue weighted by atomic mass is 16.2. The second-order valence-electron chi connectivity index (χ2n) is 7.33. The number of nitrogens with zero attached hydrogens (tertiary/aromatic N) is 1. The molecule has 1 saturated carbocycles. The molecule has 0 bridgehead atoms. The minimum absolute atomic E-state index is 0.0587. The van der Waals surface area contributed by atoms with Gasteiger partial charge in [-0.25, -0.2) is 0 Å². The van der Waals surface area contributed by atoms with Crippen LogP contribution in [0.25, 0.3) is 0 Å². The van der Waals surface area contributed by atoms with E-state index in [4.69, 9.17) is 0 Å². The number of rotatable bonds is 5. The second kappa shape index (κ2) is 7.37. The molecule has 1 aromatic rings. The van der Waals surface area contributed by atoms with E-state index in [9.17, 15) is 9.59 Å². The monoisotopic (exact) mass is 328 g/mol. The molecule has 4 heteroatoms. The Balaban J connectivity index is 1.54. The number of hydrogen-bond acceptors (Lipinski definition) is 2. The topological polar surface area (TPSA) is 49.4 Å². The lowest BCUT2D eigenvalue weighted by molar-refractivity contribution is -0.132. The fourth-order valence-corrected chi connectivity index (χ4v) is 3.89. The van der Waals surface area contributed by atoms with Gasteiger partial charge in [0.15, 0.2) is 0 Å². The van der Waals surface area contributed by atoms with E-state index in [1.807, 2.05) is 25.1 Å². The molecular weight excluding hydrogens is 300 g/mol. The SMILES string of the molecule is Cc1ccc(N2CCC(C(=O)NCCC3CCCC3)C2=O)cc1C. The summed E-state index contributed by atoms with van der Waals surface area (Å²) < 4.78 is 0. The van der Waals surface area contributed by atoms with Gasteiger partial charge in [0, 0.05) is 18.8 Å². The molecule has 1 aliphatic heterocycles. The zero-order chi connectivity index (χ0) is 17.1. The summed E-state index contributed by atoms with van der Waals surface area (Å²) in [5.41, 5.74) is 3.29. The Morgan fingerprint density at radius 1 is 1.17 bits per heavy atom. The fourth-order valence-electron chi connectivity index (χ4n) is 3.89. The number of hydrogen-bond donors (Lipinski definition) is 1. The van der Waals surface area contributed by atoms with Crippen LogP contribution in [0, 0.1) is 25.7 Å². The Hall–Kier alpha value is -1.84. The zero-order valence-corrected chi connectivity index (χ0v) is 14.8. The third-order valence-corrected chi connectivity index (χ3v) is 5.65. The molecule has 0 spiro atoms. The van der Waals surface area contributed by atoms with Crippen molar-refractivity contribution >= 4 is 17.5 Å². The summed E-state index contributed by atoms with van der Waals surface area (Å²) in [5, 5.41) is 2.99. The summed E-state index contributed by atoms with van der Waals surface area (Å²) in [6.45, 7) is 5.44. The van der Waals surface area contributed by atoms with Gasteiger partial charge in [0.05, 0.1) is 0 Å². The Morgan fingerprint density at radius 3 is 2.62 bits per heavy atom. The molecule has 1 N–H and O–H groups in total. The molecule has 1 aliphatic carbocycles. The maximum absolute atomic E-state index is 12.6. The highest BCUT2D eigenvalue weighted by Gasteiger charge is 2.37. The van der Waals surface area contributed by atoms with Crippen LogP contribution in [0.15, 0.2) is 18.2 Å². The van der Waals surface area contributed by atoms with Crippen molar-refractivity contribution in [1.29, 1.82) is 0 Å². The van der Waals surface area contributed by atoms with E-state index in [0.29, 0.717) is 19.5 Å². The van der Waals surface area contributed by atoms with E-state index in [1.165, 1.54) is 36.8 Å². The van der Waals surface area contributed by atoms with Gasteiger partial charge in [-0.3, -0.25) is 9.59 Å². The molecule has 2 amide bonds. The van der Waals surface area contributed by atoms with Crippen LogP contribution in [-0.2, 0) is 9.59 Å². The molecule has 1 saturated heterocycles. The highest BCUT2D eigenvalue weighted by Crippen LogP contribution is 2.28. The van der Waals surface area contributed by atoms with E-state index in [0.717, 1.165) is 18.0 Å². The first-order valence-electron chi connectivity index (χ1n) is 9.22. The third-order valence-electron chi connectivity index (χ3n) is 5.65. The van der Waals surface area contributed by atoms with Gasteiger partial charge in [-0.05, 0) is 55.9 Å². The van der Waals surface area contributed by atoms with E-state index < -0.39 is 5.92 Å². The van der Waals surface area contributed by atoms with Gasteiger partial charge in [-0.2, -0.15) is 0 Å². The molecule has 4 nitrogen and oxygen atoms in total. The summed E-state index contributed by atoms with van der Waals surface area (Å²) in [7, 11) is 0. The van der Waals surface area contributed by atoms with E-state index in [1.54, 1.807) is 4.90 Å². The van der Waals surface area contributed by atoms with Gasteiger partial charge in [-0.1, -0.05) is 31.7 Å². The molecule has 1 heterocycles. The van der Waals surface area contributed by atoms with Crippen molar-refractivity contribution < 1.29 is 9.59 Å². The Kier molecular flexibility index (Phi) is 5.22. The molecule has 1 atom stereocenters. The van der Waals surface area contributed by atoms with Gasteiger partial charge in [0.25, 0.3) is 0 Å². The van der Waals surface area contributed by atoms with Crippen LogP contribution in [-0.4, -0.2) is 24.9 Å². The lowest BCUT2D eigenvalue weighted by atomic mass is 10.0. The Labute approximate surface area is 144 Å². The van der Waals surface area contributed by atoms with Gasteiger partial charge >= 0.3 is 0 Å². The lowest BCUT2D eigenvalue weighted by Gasteiger charge is -2.18. The minimum atomic E-state index is -0.518. The molecular formula is C20H28N2O2. The molecule has 0 aromatic heterocycles. The van der Waals surface area contributed by atoms with Crippen LogP contribution < -0.4 is 10.2 Å². The molecule has 0 radical (unpaired) electrons. The van der Waals surface area contributed by atoms with Crippen LogP contribution in [0.1, 0.15) is 49.7 Å². The van der Waals surface area contributed by atoms with E-state index in [-0.39, 0.29) is 11.8 Å². The predicted octanol–water partition coefficient (Wildman–Crippen LogP) is 3.35. The smallest absolute Gasteiger partial charge is 0.239 e. The maximum atomic E-state index is 12.6. The first kappa shape index (κ1) is 17.0. The standard InChI is InChI=1S/C20H28N2O2/c1-14-7-8-17(13-15(14)2)22-12-10-18(20(22)24)19(23)21-11-9-16-5-3-4-6-16/h7-8,13,16,18H,3-6,9-12H2,1-2H3,(H,21,23). The predicted molar refractivity (Wildman–Crippen MR) is 96.0 cm³/mol. The molecule has 1 aromatic carbocycles. The molecule has 130 valence electrons. The van der Waals surface area contributed by atoms with Gasteiger partial charge in [0.2, 0.25) is 11.8 Å². The summed E-state index contributed by atoms with van der Waals surface area (Å²) >= 11 is 0. The molecule has 1 unspecified atom stereocenters. The Bertz CT molecular complexity index is 620. The maximum Gasteiger partial charge on any atom is 0.239 e. The van der Waals surface area contributed by atoms with E-state index in [2.05, 4.69) is 12.2 Å². The van der Waals surface area contributed by atoms with Crippen molar-refractivity contribution in [3.8, 4) is 0 Å². The van der Waals surface area contributed by atoms with Crippen LogP contribution in [0.3, 0.4) is 0 Å². The van der Waals surface area contributed by atoms with Crippen molar-refractivity contribution in [3.63, 3.8) is 0 Å². The number of nitrogens with one attached hydrogen (secondary N) is 1. The first-order valence-corrected chi connectivity index (χ1v) is 9.22. The zero-order valence-electron chi connectivity index (χ0n) is 14.8. The number of anilines is 1. The summed E-state index contributed by atoms with van der Waals surface area (Å²) in [6, 6.07) is 6.04. The van der Waals surface area contributed by atoms with Crippen molar-refractivity contribution in [3.05, 3.63) is 29.3 Å². The average molecular weight is 328 g/mol. The second-order valence-corrected chi connectivity index (χ2v) is 7.33. The number of carbonyl (C=O) groups excluding carboxylic acids is 2. The summed E-state index contributed by atoms with van der Waals surface area (Å²) in [4.78, 5) is 26.8. The summed E-state index contributed by atoms with van der Waals surface area (Å²) in [5.74, 6) is 0.0905. The van der Waals surface area contributed by atoms with E-state index >= 15 is 0 Å². The number of benzene rings is 1. The molecule has 2 fully saturated rings. The van der Waals surface area contributed by atoms with Crippen LogP contribution in [0.5, 0.6) is 0 Å². The third kappa shape index (κ3) is 3.63. The molecule has 24 heavy (non-hydrogen) atoms. The number of amides is 2. The van der Waals surface area contributed by atoms with Crippen molar-refractivity contribution in [1.82, 2.24) is 5.32 Å². The first-order chi connectivity index (χ1) is 11.6. The largest absolute Gasteiger partial charge is 0.355 e. The van der Waals surface area contributed by atoms with Crippen LogP contribution >= 0.6 is 0 Å². The van der Waals surface area contributed by atoms with Gasteiger partial charge in [0.1, 0.15) is 5.92 Å². The summed E-state index contributed by atoms with van der Waals surface area (Å²) in [6.07, 6.45) is 6.89. The molecule has 3 rings (SSSR count). The highest BCUT2D eigenvalue weighted by molar-refractivity contribution is 6.09. The number of carbonyl (C=O) groups is 2. The number of aryl methyl sites for hydroxylation is 2. The average Bonchev–Trinajstić information content (AvgIpc) is 3.20. The minimum Gasteiger partial charge on any atom is -0.355 e. The Morgan fingerprint density at radius 2 is 1.92 bits per heavy atom. The van der Waals surface area contributed by atoms with Crippen LogP contribution in [0.4, 0.5) is 5.69 Å². The quantitative estimate of drug-likeness (QED) is 0.843. The van der Waals surface area contributed by atoms with Crippen molar-refractivity contribution in [2.45, 2.75) is 52.4 Å². The van der Waals surface area contributed by atoms with Crippen molar-refractivity contribution in [2.24, 2.45) is 11.8 Å². The van der Waals surface area contributed by atoms with Crippen LogP contribution in [0.2, 0.25) is 0 Å². The molecule has 2 aliphatic rings. The van der Waals surface area contributed by atoms with Gasteiger partial charge < -0.3 is 10.2 Å². The van der Waals surface area contributed by atoms with Gasteiger partial charge in [-0.15, -0.1) is 0 Å². The fraction of sp³-hybridized carbons (Fsp3) is 0.600. The van der Waals surface area contributed by atoms with Crippen molar-refractivity contribution in [2.75, 3.05) is 18.0 Å². The lowest BCUT2D eigenvalue weighted by Crippen LogP contribution is -2.37. The normalized spacial score (nSPS) is 21.5.